The summed E-state index contributed by atoms with van der Waals surface area (Å²) in [5.74, 6) is 1.50. The van der Waals surface area contributed by atoms with Gasteiger partial charge in [-0.25, -0.2) is 4.98 Å². The number of rotatable bonds is 12. The van der Waals surface area contributed by atoms with Crippen molar-refractivity contribution in [1.82, 2.24) is 14.5 Å². The fourth-order valence-corrected chi connectivity index (χ4v) is 3.58. The van der Waals surface area contributed by atoms with Crippen molar-refractivity contribution in [3.05, 3.63) is 48.0 Å². The molecular formula is C24H36N4O2. The van der Waals surface area contributed by atoms with E-state index in [0.717, 1.165) is 49.6 Å². The summed E-state index contributed by atoms with van der Waals surface area (Å²) >= 11 is 0. The Kier molecular flexibility index (Phi) is 9.58. The van der Waals surface area contributed by atoms with Gasteiger partial charge < -0.3 is 14.8 Å². The zero-order valence-corrected chi connectivity index (χ0v) is 18.9. The molecule has 0 aliphatic heterocycles. The quantitative estimate of drug-likeness (QED) is 0.544. The second-order valence-electron chi connectivity index (χ2n) is 8.05. The predicted octanol–water partition coefficient (Wildman–Crippen LogP) is 4.81. The van der Waals surface area contributed by atoms with E-state index < -0.39 is 0 Å². The van der Waals surface area contributed by atoms with Gasteiger partial charge in [-0.15, -0.1) is 0 Å². The molecule has 0 unspecified atom stereocenters. The summed E-state index contributed by atoms with van der Waals surface area (Å²) in [6.07, 6.45) is 7.07. The summed E-state index contributed by atoms with van der Waals surface area (Å²) < 4.78 is 2.13. The molecule has 0 fully saturated rings. The number of carbonyl (C=O) groups is 2. The number of carbonyl (C=O) groups excluding carboxylic acids is 2. The largest absolute Gasteiger partial charge is 0.343 e. The van der Waals surface area contributed by atoms with Gasteiger partial charge in [-0.3, -0.25) is 9.59 Å². The zero-order chi connectivity index (χ0) is 21.9. The Morgan fingerprint density at radius 3 is 2.53 bits per heavy atom. The third-order valence-electron chi connectivity index (χ3n) is 4.96. The standard InChI is InChI=1S/C24H36N4O2/c1-5-14-27(15-6-2)23(30)12-8-11-22(29)26-21-10-7-9-20(17-21)18-28-16-13-25-24(28)19(3)4/h7,9-10,13,16-17,19H,5-6,8,11-12,14-15,18H2,1-4H3,(H,26,29). The van der Waals surface area contributed by atoms with Gasteiger partial charge in [0.05, 0.1) is 0 Å². The van der Waals surface area contributed by atoms with E-state index in [2.05, 4.69) is 48.6 Å². The lowest BCUT2D eigenvalue weighted by Crippen LogP contribution is -2.32. The highest BCUT2D eigenvalue weighted by atomic mass is 16.2. The molecule has 0 atom stereocenters. The molecule has 6 heteroatoms. The highest BCUT2D eigenvalue weighted by molar-refractivity contribution is 5.91. The minimum atomic E-state index is -0.0528. The molecule has 6 nitrogen and oxygen atoms in total. The molecule has 0 aliphatic rings. The van der Waals surface area contributed by atoms with E-state index in [0.29, 0.717) is 25.2 Å². The van der Waals surface area contributed by atoms with Gasteiger partial charge in [-0.05, 0) is 37.0 Å². The molecule has 2 aromatic rings. The van der Waals surface area contributed by atoms with Gasteiger partial charge in [0, 0.05) is 56.5 Å². The molecule has 164 valence electrons. The second kappa shape index (κ2) is 12.2. The lowest BCUT2D eigenvalue weighted by Gasteiger charge is -2.21. The first-order valence-corrected chi connectivity index (χ1v) is 11.1. The molecule has 2 amide bonds. The summed E-state index contributed by atoms with van der Waals surface area (Å²) in [6.45, 7) is 10.7. The first kappa shape index (κ1) is 23.6. The highest BCUT2D eigenvalue weighted by Gasteiger charge is 2.13. The van der Waals surface area contributed by atoms with Gasteiger partial charge in [0.25, 0.3) is 0 Å². The van der Waals surface area contributed by atoms with Crippen LogP contribution in [-0.4, -0.2) is 39.4 Å². The van der Waals surface area contributed by atoms with Crippen LogP contribution < -0.4 is 5.32 Å². The van der Waals surface area contributed by atoms with Crippen molar-refractivity contribution < 1.29 is 9.59 Å². The number of nitrogens with zero attached hydrogens (tertiary/aromatic N) is 3. The minimum Gasteiger partial charge on any atom is -0.343 e. The van der Waals surface area contributed by atoms with E-state index in [-0.39, 0.29) is 11.8 Å². The van der Waals surface area contributed by atoms with Crippen molar-refractivity contribution in [1.29, 1.82) is 0 Å². The van der Waals surface area contributed by atoms with Crippen LogP contribution >= 0.6 is 0 Å². The molecule has 30 heavy (non-hydrogen) atoms. The number of hydrogen-bond acceptors (Lipinski definition) is 3. The van der Waals surface area contributed by atoms with Crippen LogP contribution in [0.5, 0.6) is 0 Å². The molecule has 1 heterocycles. The summed E-state index contributed by atoms with van der Waals surface area (Å²) in [6, 6.07) is 7.90. The third kappa shape index (κ3) is 7.32. The van der Waals surface area contributed by atoms with Gasteiger partial charge in [-0.2, -0.15) is 0 Å². The van der Waals surface area contributed by atoms with Gasteiger partial charge in [-0.1, -0.05) is 39.8 Å². The number of nitrogens with one attached hydrogen (secondary N) is 1. The topological polar surface area (TPSA) is 67.2 Å². The fraction of sp³-hybridized carbons (Fsp3) is 0.542. The molecule has 0 aliphatic carbocycles. The van der Waals surface area contributed by atoms with Crippen LogP contribution in [0.15, 0.2) is 36.7 Å². The predicted molar refractivity (Wildman–Crippen MR) is 122 cm³/mol. The van der Waals surface area contributed by atoms with Crippen LogP contribution in [0.25, 0.3) is 0 Å². The number of hydrogen-bond donors (Lipinski definition) is 1. The maximum Gasteiger partial charge on any atom is 0.224 e. The summed E-state index contributed by atoms with van der Waals surface area (Å²) in [5, 5.41) is 2.96. The Labute approximate surface area is 180 Å². The number of aromatic nitrogens is 2. The number of imidazole rings is 1. The first-order chi connectivity index (χ1) is 14.4. The molecule has 0 spiro atoms. The van der Waals surface area contributed by atoms with E-state index in [1.54, 1.807) is 0 Å². The molecule has 0 bridgehead atoms. The van der Waals surface area contributed by atoms with Crippen LogP contribution in [-0.2, 0) is 16.1 Å². The Hall–Kier alpha value is -2.63. The molecule has 0 saturated carbocycles. The summed E-state index contributed by atoms with van der Waals surface area (Å²) in [5.41, 5.74) is 1.89. The van der Waals surface area contributed by atoms with Crippen molar-refractivity contribution in [2.75, 3.05) is 18.4 Å². The maximum absolute atomic E-state index is 12.3. The van der Waals surface area contributed by atoms with Crippen molar-refractivity contribution in [2.24, 2.45) is 0 Å². The number of anilines is 1. The molecule has 1 N–H and O–H groups in total. The summed E-state index contributed by atoms with van der Waals surface area (Å²) in [7, 11) is 0. The van der Waals surface area contributed by atoms with E-state index in [1.165, 1.54) is 0 Å². The van der Waals surface area contributed by atoms with Crippen LogP contribution in [0.4, 0.5) is 5.69 Å². The smallest absolute Gasteiger partial charge is 0.224 e. The second-order valence-corrected chi connectivity index (χ2v) is 8.05. The van der Waals surface area contributed by atoms with E-state index in [4.69, 9.17) is 0 Å². The lowest BCUT2D eigenvalue weighted by molar-refractivity contribution is -0.131. The molecule has 2 rings (SSSR count). The Balaban J connectivity index is 1.85. The lowest BCUT2D eigenvalue weighted by atomic mass is 10.1. The monoisotopic (exact) mass is 412 g/mol. The number of benzene rings is 1. The van der Waals surface area contributed by atoms with Crippen molar-refractivity contribution in [2.45, 2.75) is 72.3 Å². The minimum absolute atomic E-state index is 0.0528. The van der Waals surface area contributed by atoms with Gasteiger partial charge >= 0.3 is 0 Å². The molecule has 1 aromatic heterocycles. The first-order valence-electron chi connectivity index (χ1n) is 11.1. The highest BCUT2D eigenvalue weighted by Crippen LogP contribution is 2.17. The molecule has 0 saturated heterocycles. The van der Waals surface area contributed by atoms with E-state index >= 15 is 0 Å². The van der Waals surface area contributed by atoms with Crippen molar-refractivity contribution >= 4 is 17.5 Å². The SMILES string of the molecule is CCCN(CCC)C(=O)CCCC(=O)Nc1cccc(Cn2ccnc2C(C)C)c1. The average Bonchev–Trinajstić information content (AvgIpc) is 3.16. The average molecular weight is 413 g/mol. The Bertz CT molecular complexity index is 807. The fourth-order valence-electron chi connectivity index (χ4n) is 3.58. The molecule has 0 radical (unpaired) electrons. The van der Waals surface area contributed by atoms with Crippen LogP contribution in [0.3, 0.4) is 0 Å². The number of amides is 2. The Morgan fingerprint density at radius 1 is 1.13 bits per heavy atom. The third-order valence-corrected chi connectivity index (χ3v) is 4.96. The summed E-state index contributed by atoms with van der Waals surface area (Å²) in [4.78, 5) is 31.0. The molecular weight excluding hydrogens is 376 g/mol. The van der Waals surface area contributed by atoms with Gasteiger partial charge in [0.15, 0.2) is 0 Å². The van der Waals surface area contributed by atoms with Gasteiger partial charge in [0.2, 0.25) is 11.8 Å². The van der Waals surface area contributed by atoms with Gasteiger partial charge in [0.1, 0.15) is 5.82 Å². The van der Waals surface area contributed by atoms with E-state index in [1.807, 2.05) is 35.5 Å². The van der Waals surface area contributed by atoms with Crippen LogP contribution in [0.2, 0.25) is 0 Å². The van der Waals surface area contributed by atoms with Crippen LogP contribution in [0, 0.1) is 0 Å². The van der Waals surface area contributed by atoms with E-state index in [9.17, 15) is 9.59 Å². The maximum atomic E-state index is 12.3. The Morgan fingerprint density at radius 2 is 1.87 bits per heavy atom. The zero-order valence-electron chi connectivity index (χ0n) is 18.9. The van der Waals surface area contributed by atoms with Crippen LogP contribution in [0.1, 0.15) is 77.1 Å². The van der Waals surface area contributed by atoms with Crippen molar-refractivity contribution in [3.63, 3.8) is 0 Å². The van der Waals surface area contributed by atoms with Crippen molar-refractivity contribution in [3.8, 4) is 0 Å². The normalized spacial score (nSPS) is 11.0. The molecule has 1 aromatic carbocycles.